The molecule has 1 unspecified atom stereocenters. The van der Waals surface area contributed by atoms with Crippen molar-refractivity contribution in [3.05, 3.63) is 69.7 Å². The summed E-state index contributed by atoms with van der Waals surface area (Å²) in [7, 11) is 0. The number of rotatable bonds is 4. The fourth-order valence-electron chi connectivity index (χ4n) is 3.37. The standard InChI is InChI=1S/C20H24N4O4/c1-19(2,3)28-18(25)22-17-12-14(7-10-21-17)13-23-11-8-15-16(24(26)27)6-5-9-20(15,23)4/h5-8,10-12H,9,13H2,1-4H3,(H,21,22,25). The largest absolute Gasteiger partial charge is 0.444 e. The monoisotopic (exact) mass is 384 g/mol. The molecule has 0 spiro atoms. The van der Waals surface area contributed by atoms with E-state index in [1.54, 1.807) is 39.1 Å². The predicted octanol–water partition coefficient (Wildman–Crippen LogP) is 4.01. The molecule has 0 bridgehead atoms. The average Bonchev–Trinajstić information content (AvgIpc) is 2.89. The number of carbonyl (C=O) groups excluding carboxylic acids is 1. The molecule has 1 N–H and O–H groups in total. The number of hydrogen-bond donors (Lipinski definition) is 1. The van der Waals surface area contributed by atoms with Crippen molar-refractivity contribution in [3.8, 4) is 0 Å². The molecular weight excluding hydrogens is 360 g/mol. The molecule has 1 atom stereocenters. The molecule has 2 heterocycles. The maximum absolute atomic E-state index is 12.0. The van der Waals surface area contributed by atoms with Gasteiger partial charge >= 0.3 is 6.09 Å². The fourth-order valence-corrected chi connectivity index (χ4v) is 3.37. The molecule has 0 radical (unpaired) electrons. The lowest BCUT2D eigenvalue weighted by atomic mass is 9.84. The van der Waals surface area contributed by atoms with Crippen molar-refractivity contribution < 1.29 is 14.5 Å². The van der Waals surface area contributed by atoms with Crippen molar-refractivity contribution in [2.45, 2.75) is 51.8 Å². The highest BCUT2D eigenvalue weighted by Gasteiger charge is 2.42. The number of aromatic nitrogens is 1. The summed E-state index contributed by atoms with van der Waals surface area (Å²) < 4.78 is 5.25. The fraction of sp³-hybridized carbons (Fsp3) is 0.400. The van der Waals surface area contributed by atoms with Gasteiger partial charge in [0.15, 0.2) is 0 Å². The Morgan fingerprint density at radius 1 is 1.43 bits per heavy atom. The van der Waals surface area contributed by atoms with Crippen LogP contribution in [0.3, 0.4) is 0 Å². The van der Waals surface area contributed by atoms with Crippen LogP contribution in [0.15, 0.2) is 54.0 Å². The highest BCUT2D eigenvalue weighted by molar-refractivity contribution is 5.83. The van der Waals surface area contributed by atoms with Gasteiger partial charge < -0.3 is 9.64 Å². The van der Waals surface area contributed by atoms with Gasteiger partial charge in [0.25, 0.3) is 5.70 Å². The van der Waals surface area contributed by atoms with Crippen LogP contribution in [0.5, 0.6) is 0 Å². The van der Waals surface area contributed by atoms with E-state index >= 15 is 0 Å². The quantitative estimate of drug-likeness (QED) is 0.622. The smallest absolute Gasteiger partial charge is 0.413 e. The van der Waals surface area contributed by atoms with Crippen LogP contribution in [0.4, 0.5) is 10.6 Å². The van der Waals surface area contributed by atoms with E-state index in [0.29, 0.717) is 24.4 Å². The zero-order valence-corrected chi connectivity index (χ0v) is 16.4. The Labute approximate surface area is 163 Å². The number of hydrogen-bond acceptors (Lipinski definition) is 6. The van der Waals surface area contributed by atoms with Crippen molar-refractivity contribution in [2.24, 2.45) is 0 Å². The van der Waals surface area contributed by atoms with Crippen molar-refractivity contribution >= 4 is 11.9 Å². The molecule has 1 aliphatic carbocycles. The Morgan fingerprint density at radius 3 is 2.86 bits per heavy atom. The van der Waals surface area contributed by atoms with Crippen LogP contribution in [-0.4, -0.2) is 32.0 Å². The molecule has 2 aliphatic rings. The van der Waals surface area contributed by atoms with Gasteiger partial charge in [-0.25, -0.2) is 9.78 Å². The summed E-state index contributed by atoms with van der Waals surface area (Å²) in [6.45, 7) is 7.90. The summed E-state index contributed by atoms with van der Waals surface area (Å²) in [5.74, 6) is 0.394. The lowest BCUT2D eigenvalue weighted by Crippen LogP contribution is -2.42. The normalized spacial score (nSPS) is 20.9. The minimum Gasteiger partial charge on any atom is -0.444 e. The van der Waals surface area contributed by atoms with Crippen molar-refractivity contribution in [2.75, 3.05) is 5.32 Å². The van der Waals surface area contributed by atoms with Crippen molar-refractivity contribution in [3.63, 3.8) is 0 Å². The Kier molecular flexibility index (Phi) is 4.97. The summed E-state index contributed by atoms with van der Waals surface area (Å²) in [6.07, 6.45) is 8.83. The third kappa shape index (κ3) is 4.05. The van der Waals surface area contributed by atoms with Crippen molar-refractivity contribution in [1.29, 1.82) is 0 Å². The highest BCUT2D eigenvalue weighted by Crippen LogP contribution is 2.41. The van der Waals surface area contributed by atoms with Gasteiger partial charge in [0, 0.05) is 25.0 Å². The maximum Gasteiger partial charge on any atom is 0.413 e. The first kappa shape index (κ1) is 19.6. The topological polar surface area (TPSA) is 97.6 Å². The minimum absolute atomic E-state index is 0.134. The number of allylic oxidation sites excluding steroid dienone is 1. The van der Waals surface area contributed by atoms with Gasteiger partial charge in [-0.3, -0.25) is 15.4 Å². The van der Waals surface area contributed by atoms with E-state index in [0.717, 1.165) is 5.56 Å². The van der Waals surface area contributed by atoms with Crippen LogP contribution in [0.1, 0.15) is 39.7 Å². The third-order valence-corrected chi connectivity index (χ3v) is 4.71. The number of pyridine rings is 1. The van der Waals surface area contributed by atoms with Crippen molar-refractivity contribution in [1.82, 2.24) is 9.88 Å². The molecule has 3 rings (SSSR count). The van der Waals surface area contributed by atoms with Gasteiger partial charge in [0.05, 0.1) is 16.0 Å². The lowest BCUT2D eigenvalue weighted by Gasteiger charge is -2.38. The molecule has 0 saturated heterocycles. The van der Waals surface area contributed by atoms with Gasteiger partial charge in [0.2, 0.25) is 0 Å². The van der Waals surface area contributed by atoms with E-state index in [9.17, 15) is 14.9 Å². The van der Waals surface area contributed by atoms with E-state index in [1.165, 1.54) is 0 Å². The molecular formula is C20H24N4O4. The third-order valence-electron chi connectivity index (χ3n) is 4.71. The molecule has 1 amide bonds. The molecule has 0 aromatic carbocycles. The predicted molar refractivity (Wildman–Crippen MR) is 105 cm³/mol. The number of anilines is 1. The van der Waals surface area contributed by atoms with Crippen LogP contribution in [0, 0.1) is 10.1 Å². The Balaban J connectivity index is 1.75. The summed E-state index contributed by atoms with van der Waals surface area (Å²) in [5, 5.41) is 14.0. The Hall–Kier alpha value is -3.16. The van der Waals surface area contributed by atoms with Crippen LogP contribution < -0.4 is 5.32 Å². The number of carbonyl (C=O) groups is 1. The number of ether oxygens (including phenoxy) is 1. The van der Waals surface area contributed by atoms with Gasteiger partial charge in [0.1, 0.15) is 11.4 Å². The van der Waals surface area contributed by atoms with Gasteiger partial charge in [-0.05, 0) is 57.9 Å². The van der Waals surface area contributed by atoms with Gasteiger partial charge in [-0.1, -0.05) is 6.08 Å². The SMILES string of the molecule is CC(C)(C)OC(=O)Nc1cc(CN2C=CC3=C([N+](=O)[O-])C=CCC32C)ccn1. The number of nitro groups is 1. The molecule has 1 aliphatic heterocycles. The minimum atomic E-state index is -0.595. The van der Waals surface area contributed by atoms with Crippen LogP contribution >= 0.6 is 0 Å². The van der Waals surface area contributed by atoms with E-state index in [-0.39, 0.29) is 10.6 Å². The lowest BCUT2D eigenvalue weighted by molar-refractivity contribution is -0.420. The first-order valence-corrected chi connectivity index (χ1v) is 9.04. The number of nitrogens with one attached hydrogen (secondary N) is 1. The molecule has 28 heavy (non-hydrogen) atoms. The zero-order chi connectivity index (χ0) is 20.5. The maximum atomic E-state index is 12.0. The Bertz CT molecular complexity index is 898. The number of amides is 1. The first-order valence-electron chi connectivity index (χ1n) is 9.04. The molecule has 0 fully saturated rings. The second-order valence-corrected chi connectivity index (χ2v) is 8.06. The summed E-state index contributed by atoms with van der Waals surface area (Å²) in [6, 6.07) is 3.63. The molecule has 148 valence electrons. The first-order chi connectivity index (χ1) is 13.1. The van der Waals surface area contributed by atoms with Crippen LogP contribution in [0.2, 0.25) is 0 Å². The second kappa shape index (κ2) is 7.10. The zero-order valence-electron chi connectivity index (χ0n) is 16.4. The summed E-state index contributed by atoms with van der Waals surface area (Å²) in [5.41, 5.74) is 0.697. The van der Waals surface area contributed by atoms with E-state index in [1.807, 2.05) is 31.3 Å². The molecule has 8 nitrogen and oxygen atoms in total. The van der Waals surface area contributed by atoms with Gasteiger partial charge in [-0.15, -0.1) is 0 Å². The number of fused-ring (bicyclic) bond motifs is 1. The van der Waals surface area contributed by atoms with Crippen LogP contribution in [0.25, 0.3) is 0 Å². The van der Waals surface area contributed by atoms with E-state index in [2.05, 4.69) is 15.2 Å². The molecule has 0 saturated carbocycles. The second-order valence-electron chi connectivity index (χ2n) is 8.06. The summed E-state index contributed by atoms with van der Waals surface area (Å²) >= 11 is 0. The van der Waals surface area contributed by atoms with E-state index in [4.69, 9.17) is 4.74 Å². The summed E-state index contributed by atoms with van der Waals surface area (Å²) in [4.78, 5) is 29.2. The number of nitrogens with zero attached hydrogens (tertiary/aromatic N) is 3. The average molecular weight is 384 g/mol. The molecule has 1 aromatic heterocycles. The van der Waals surface area contributed by atoms with E-state index < -0.39 is 17.2 Å². The Morgan fingerprint density at radius 2 is 2.18 bits per heavy atom. The van der Waals surface area contributed by atoms with Crippen LogP contribution in [-0.2, 0) is 11.3 Å². The van der Waals surface area contributed by atoms with Gasteiger partial charge in [-0.2, -0.15) is 0 Å². The molecule has 1 aromatic rings. The highest BCUT2D eigenvalue weighted by atomic mass is 16.6. The molecule has 8 heteroatoms.